The van der Waals surface area contributed by atoms with Crippen LogP contribution in [0.1, 0.15) is 27.8 Å². The molecule has 3 aromatic rings. The van der Waals surface area contributed by atoms with Crippen molar-refractivity contribution in [2.24, 2.45) is 0 Å². The van der Waals surface area contributed by atoms with Crippen LogP contribution in [0, 0.1) is 58.4 Å². The fraction of sp³-hybridized carbons (Fsp3) is 0.185. The number of allylic oxidation sites excluding steroid dienone is 2. The molecule has 0 radical (unpaired) electrons. The lowest BCUT2D eigenvalue weighted by Gasteiger charge is -2.26. The Balaban J connectivity index is 2.14. The lowest BCUT2D eigenvalue weighted by Crippen LogP contribution is -2.49. The Hall–Kier alpha value is -4.43. The highest BCUT2D eigenvalue weighted by Gasteiger charge is 2.81. The molecular formula is C27H7F17O. The zero-order valence-electron chi connectivity index (χ0n) is 21.1. The molecular weight excluding hydrogens is 663 g/mol. The maximum absolute atomic E-state index is 15.1. The molecule has 0 saturated carbocycles. The Labute approximate surface area is 238 Å². The second-order valence-electron chi connectivity index (χ2n) is 8.96. The third-order valence-corrected chi connectivity index (χ3v) is 6.40. The Morgan fingerprint density at radius 3 is 1.29 bits per heavy atom. The first-order chi connectivity index (χ1) is 20.5. The molecule has 0 bridgehead atoms. The van der Waals surface area contributed by atoms with Gasteiger partial charge in [-0.3, -0.25) is 0 Å². The van der Waals surface area contributed by atoms with E-state index in [0.717, 1.165) is 12.1 Å². The van der Waals surface area contributed by atoms with Crippen molar-refractivity contribution in [3.05, 3.63) is 98.6 Å². The zero-order chi connectivity index (χ0) is 34.2. The number of hydrogen-bond donors (Lipinski definition) is 0. The highest BCUT2D eigenvalue weighted by molar-refractivity contribution is 6.01. The van der Waals surface area contributed by atoms with Gasteiger partial charge in [-0.15, -0.1) is 0 Å². The topological polar surface area (TPSA) is 9.23 Å². The number of benzene rings is 3. The Bertz CT molecular complexity index is 1770. The number of ether oxygens (including phenoxy) is 1. The number of halogens is 17. The molecule has 18 heteroatoms. The summed E-state index contributed by atoms with van der Waals surface area (Å²) in [5.74, 6) is -43.4. The number of alkyl halides is 9. The highest BCUT2D eigenvalue weighted by Crippen LogP contribution is 2.66. The van der Waals surface area contributed by atoms with Gasteiger partial charge in [0.1, 0.15) is 16.9 Å². The van der Waals surface area contributed by atoms with Crippen LogP contribution >= 0.6 is 0 Å². The molecule has 0 unspecified atom stereocenters. The van der Waals surface area contributed by atoms with E-state index in [1.54, 1.807) is 0 Å². The fourth-order valence-electron chi connectivity index (χ4n) is 4.26. The quantitative estimate of drug-likeness (QED) is 0.154. The smallest absolute Gasteiger partial charge is 0.422 e. The zero-order valence-corrected chi connectivity index (χ0v) is 21.1. The Morgan fingerprint density at radius 2 is 0.933 bits per heavy atom. The summed E-state index contributed by atoms with van der Waals surface area (Å²) in [6.45, 7) is 0. The summed E-state index contributed by atoms with van der Waals surface area (Å²) in [6.07, 6.45) is -6.34. The molecule has 0 N–H and O–H groups in total. The van der Waals surface area contributed by atoms with Gasteiger partial charge < -0.3 is 4.74 Å². The van der Waals surface area contributed by atoms with Crippen LogP contribution in [0.5, 0.6) is 5.75 Å². The lowest BCUT2D eigenvalue weighted by molar-refractivity contribution is -0.254. The largest absolute Gasteiger partial charge is 0.497 e. The maximum Gasteiger partial charge on any atom is 0.422 e. The molecule has 4 rings (SSSR count). The molecule has 3 aromatic carbocycles. The summed E-state index contributed by atoms with van der Waals surface area (Å²) in [5, 5.41) is 0. The van der Waals surface area contributed by atoms with E-state index in [2.05, 4.69) is 0 Å². The van der Waals surface area contributed by atoms with Crippen molar-refractivity contribution < 1.29 is 79.4 Å². The average Bonchev–Trinajstić information content (AvgIpc) is 3.05. The van der Waals surface area contributed by atoms with Crippen LogP contribution in [0.15, 0.2) is 24.3 Å². The van der Waals surface area contributed by atoms with Gasteiger partial charge in [0.25, 0.3) is 0 Å². The molecule has 1 aliphatic rings. The summed E-state index contributed by atoms with van der Waals surface area (Å²) < 4.78 is 249. The van der Waals surface area contributed by atoms with Crippen molar-refractivity contribution >= 4 is 11.1 Å². The fourth-order valence-corrected chi connectivity index (χ4v) is 4.26. The first-order valence-corrected chi connectivity index (χ1v) is 11.4. The van der Waals surface area contributed by atoms with Crippen LogP contribution in [0.25, 0.3) is 11.1 Å². The maximum atomic E-state index is 15.1. The predicted molar refractivity (Wildman–Crippen MR) is 118 cm³/mol. The van der Waals surface area contributed by atoms with Crippen LogP contribution in [0.4, 0.5) is 74.6 Å². The number of methoxy groups -OCH3 is 1. The average molecular weight is 670 g/mol. The van der Waals surface area contributed by atoms with Gasteiger partial charge in [0.15, 0.2) is 46.5 Å². The normalized spacial score (nSPS) is 16.9. The number of hydrogen-bond acceptors (Lipinski definition) is 1. The summed E-state index contributed by atoms with van der Waals surface area (Å²) in [5.41, 5.74) is -19.5. The SMILES string of the molecule is COc1ccc(C#Cc2c(F)c(F)c(C3=C(c4c(F)c(F)c(C(F)(F)F)c(F)c4F)C(F)(F)C(F)(F)C3(F)F)c(F)c2F)cc1. The summed E-state index contributed by atoms with van der Waals surface area (Å²) >= 11 is 0. The van der Waals surface area contributed by atoms with Crippen molar-refractivity contribution in [3.8, 4) is 17.6 Å². The predicted octanol–water partition coefficient (Wildman–Crippen LogP) is 9.06. The van der Waals surface area contributed by atoms with Gasteiger partial charge in [0.2, 0.25) is 0 Å². The molecule has 45 heavy (non-hydrogen) atoms. The van der Waals surface area contributed by atoms with E-state index in [9.17, 15) is 65.9 Å². The lowest BCUT2D eigenvalue weighted by atomic mass is 9.91. The number of rotatable bonds is 3. The standard InChI is InChI=1S/C27H7F17O/c1-45-9-5-2-8(3-6-9)4-7-10-16(28)18(30)11(19(31)17(10)29)13-14(25(38,39)27(43,44)24(13,36)37)12-20(32)22(34)15(26(40,41)42)23(35)21(12)33/h2-3,5-6H,1H3. The van der Waals surface area contributed by atoms with E-state index in [-0.39, 0.29) is 11.3 Å². The van der Waals surface area contributed by atoms with Crippen molar-refractivity contribution in [3.63, 3.8) is 0 Å². The van der Waals surface area contributed by atoms with Gasteiger partial charge in [-0.1, -0.05) is 11.8 Å². The summed E-state index contributed by atoms with van der Waals surface area (Å²) in [4.78, 5) is 0. The van der Waals surface area contributed by atoms with Crippen LogP contribution in [-0.2, 0) is 6.18 Å². The minimum absolute atomic E-state index is 0.136. The van der Waals surface area contributed by atoms with E-state index in [4.69, 9.17) is 4.74 Å². The van der Waals surface area contributed by atoms with E-state index < -0.39 is 104 Å². The monoisotopic (exact) mass is 670 g/mol. The molecule has 0 saturated heterocycles. The third kappa shape index (κ3) is 4.74. The molecule has 1 aliphatic carbocycles. The molecule has 0 heterocycles. The molecule has 0 spiro atoms. The molecule has 0 atom stereocenters. The van der Waals surface area contributed by atoms with Crippen LogP contribution in [0.3, 0.4) is 0 Å². The highest BCUT2D eigenvalue weighted by atomic mass is 19.4. The molecule has 240 valence electrons. The molecule has 0 fully saturated rings. The molecule has 0 aliphatic heterocycles. The first-order valence-electron chi connectivity index (χ1n) is 11.4. The second kappa shape index (κ2) is 10.6. The second-order valence-corrected chi connectivity index (χ2v) is 8.96. The van der Waals surface area contributed by atoms with E-state index in [1.807, 2.05) is 5.92 Å². The minimum Gasteiger partial charge on any atom is -0.497 e. The molecule has 0 amide bonds. The van der Waals surface area contributed by atoms with Gasteiger partial charge in [0.05, 0.1) is 29.4 Å². The minimum atomic E-state index is -7.03. The Kier molecular flexibility index (Phi) is 7.87. The Morgan fingerprint density at radius 1 is 0.556 bits per heavy atom. The molecule has 0 aromatic heterocycles. The summed E-state index contributed by atoms with van der Waals surface area (Å²) in [6, 6.07) is 4.74. The van der Waals surface area contributed by atoms with Gasteiger partial charge in [0, 0.05) is 5.56 Å². The van der Waals surface area contributed by atoms with Crippen molar-refractivity contribution in [1.29, 1.82) is 0 Å². The van der Waals surface area contributed by atoms with E-state index >= 15 is 8.78 Å². The van der Waals surface area contributed by atoms with Crippen molar-refractivity contribution in [1.82, 2.24) is 0 Å². The van der Waals surface area contributed by atoms with Crippen LogP contribution < -0.4 is 4.74 Å². The van der Waals surface area contributed by atoms with Crippen LogP contribution in [0.2, 0.25) is 0 Å². The molecule has 1 nitrogen and oxygen atoms in total. The van der Waals surface area contributed by atoms with Crippen molar-refractivity contribution in [2.45, 2.75) is 23.9 Å². The third-order valence-electron chi connectivity index (χ3n) is 6.40. The van der Waals surface area contributed by atoms with E-state index in [0.29, 0.717) is 0 Å². The van der Waals surface area contributed by atoms with Crippen molar-refractivity contribution in [2.75, 3.05) is 7.11 Å². The first kappa shape index (κ1) is 33.5. The van der Waals surface area contributed by atoms with E-state index in [1.165, 1.54) is 25.2 Å². The van der Waals surface area contributed by atoms with Gasteiger partial charge in [-0.2, -0.15) is 39.5 Å². The summed E-state index contributed by atoms with van der Waals surface area (Å²) in [7, 11) is 1.24. The van der Waals surface area contributed by atoms with Crippen LogP contribution in [-0.4, -0.2) is 24.9 Å². The van der Waals surface area contributed by atoms with Gasteiger partial charge >= 0.3 is 23.9 Å². The van der Waals surface area contributed by atoms with Gasteiger partial charge in [-0.05, 0) is 24.3 Å². The van der Waals surface area contributed by atoms with Gasteiger partial charge in [-0.25, -0.2) is 35.1 Å².